The van der Waals surface area contributed by atoms with Gasteiger partial charge in [-0.1, -0.05) is 11.6 Å². The number of aryl methyl sites for hydroxylation is 1. The lowest BCUT2D eigenvalue weighted by molar-refractivity contribution is 0.174. The molecule has 0 radical (unpaired) electrons. The van der Waals surface area contributed by atoms with E-state index in [9.17, 15) is 0 Å². The quantitative estimate of drug-likeness (QED) is 0.739. The molecule has 0 atom stereocenters. The highest BCUT2D eigenvalue weighted by molar-refractivity contribution is 6.31. The van der Waals surface area contributed by atoms with Gasteiger partial charge in [0, 0.05) is 11.8 Å². The maximum Gasteiger partial charge on any atom is 0.247 e. The summed E-state index contributed by atoms with van der Waals surface area (Å²) in [5.41, 5.74) is 1.54. The largest absolute Gasteiger partial charge is 0.454 e. The summed E-state index contributed by atoms with van der Waals surface area (Å²) in [5.74, 6) is 2.26. The molecule has 0 spiro atoms. The lowest BCUT2D eigenvalue weighted by atomic mass is 10.2. The Bertz CT molecular complexity index is 823. The van der Waals surface area contributed by atoms with E-state index in [1.54, 1.807) is 10.9 Å². The molecule has 3 heterocycles. The van der Waals surface area contributed by atoms with Gasteiger partial charge >= 0.3 is 0 Å². The fourth-order valence-corrected chi connectivity index (χ4v) is 2.33. The van der Waals surface area contributed by atoms with Gasteiger partial charge in [0.05, 0.1) is 10.7 Å². The summed E-state index contributed by atoms with van der Waals surface area (Å²) in [6.45, 7) is 2.43. The van der Waals surface area contributed by atoms with E-state index >= 15 is 0 Å². The molecule has 8 heteroatoms. The molecule has 0 amide bonds. The van der Waals surface area contributed by atoms with Crippen LogP contribution in [0, 0.1) is 6.92 Å². The monoisotopic (exact) mass is 318 g/mol. The Morgan fingerprint density at radius 1 is 1.23 bits per heavy atom. The molecule has 2 aromatic heterocycles. The van der Waals surface area contributed by atoms with E-state index in [2.05, 4.69) is 15.3 Å². The van der Waals surface area contributed by atoms with Crippen molar-refractivity contribution in [2.75, 3.05) is 6.79 Å². The lowest BCUT2D eigenvalue weighted by Crippen LogP contribution is -2.00. The zero-order valence-electron chi connectivity index (χ0n) is 11.6. The molecular weight excluding hydrogens is 308 g/mol. The van der Waals surface area contributed by atoms with E-state index in [-0.39, 0.29) is 6.79 Å². The summed E-state index contributed by atoms with van der Waals surface area (Å²) < 4.78 is 17.9. The Balaban J connectivity index is 1.58. The fraction of sp³-hybridized carbons (Fsp3) is 0.214. The summed E-state index contributed by atoms with van der Waals surface area (Å²) in [6, 6.07) is 5.48. The molecule has 0 fully saturated rings. The molecule has 0 unspecified atom stereocenters. The standard InChI is InChI=1S/C14H11ClN4O3/c1-8-10(15)5-19(18-8)6-13-16-17-14(22-13)9-2-3-11-12(4-9)21-7-20-11/h2-5H,6-7H2,1H3. The first-order chi connectivity index (χ1) is 10.7. The molecule has 0 bridgehead atoms. The molecule has 1 aliphatic rings. The number of halogens is 1. The van der Waals surface area contributed by atoms with E-state index < -0.39 is 0 Å². The van der Waals surface area contributed by atoms with Crippen molar-refractivity contribution in [1.82, 2.24) is 20.0 Å². The van der Waals surface area contributed by atoms with E-state index in [4.69, 9.17) is 25.5 Å². The number of ether oxygens (including phenoxy) is 2. The molecule has 1 aliphatic heterocycles. The summed E-state index contributed by atoms with van der Waals surface area (Å²) in [7, 11) is 0. The van der Waals surface area contributed by atoms with E-state index in [1.807, 2.05) is 25.1 Å². The van der Waals surface area contributed by atoms with Crippen LogP contribution in [0.2, 0.25) is 5.02 Å². The van der Waals surface area contributed by atoms with Gasteiger partial charge in [-0.15, -0.1) is 10.2 Å². The van der Waals surface area contributed by atoms with Gasteiger partial charge in [-0.25, -0.2) is 0 Å². The van der Waals surface area contributed by atoms with Gasteiger partial charge in [-0.05, 0) is 25.1 Å². The van der Waals surface area contributed by atoms with E-state index in [1.165, 1.54) is 0 Å². The van der Waals surface area contributed by atoms with E-state index in [0.29, 0.717) is 34.8 Å². The summed E-state index contributed by atoms with van der Waals surface area (Å²) in [4.78, 5) is 0. The van der Waals surface area contributed by atoms with Crippen LogP contribution in [0.5, 0.6) is 11.5 Å². The summed E-state index contributed by atoms with van der Waals surface area (Å²) in [5, 5.41) is 12.9. The molecule has 4 rings (SSSR count). The average molecular weight is 319 g/mol. The number of fused-ring (bicyclic) bond motifs is 1. The van der Waals surface area contributed by atoms with Crippen molar-refractivity contribution in [3.05, 3.63) is 41.0 Å². The highest BCUT2D eigenvalue weighted by Gasteiger charge is 2.17. The van der Waals surface area contributed by atoms with Crippen LogP contribution in [0.4, 0.5) is 0 Å². The van der Waals surface area contributed by atoms with Crippen molar-refractivity contribution in [3.63, 3.8) is 0 Å². The zero-order valence-corrected chi connectivity index (χ0v) is 12.4. The maximum absolute atomic E-state index is 5.98. The number of rotatable bonds is 3. The van der Waals surface area contributed by atoms with E-state index in [0.717, 1.165) is 11.3 Å². The predicted molar refractivity (Wildman–Crippen MR) is 76.9 cm³/mol. The van der Waals surface area contributed by atoms with Crippen molar-refractivity contribution in [1.29, 1.82) is 0 Å². The number of hydrogen-bond acceptors (Lipinski definition) is 6. The summed E-state index contributed by atoms with van der Waals surface area (Å²) >= 11 is 5.98. The van der Waals surface area contributed by atoms with Crippen molar-refractivity contribution < 1.29 is 13.9 Å². The molecule has 0 saturated heterocycles. The second-order valence-corrected chi connectivity index (χ2v) is 5.24. The molecule has 22 heavy (non-hydrogen) atoms. The van der Waals surface area contributed by atoms with Crippen LogP contribution in [0.25, 0.3) is 11.5 Å². The highest BCUT2D eigenvalue weighted by atomic mass is 35.5. The molecule has 112 valence electrons. The second-order valence-electron chi connectivity index (χ2n) is 4.83. The number of aromatic nitrogens is 4. The molecule has 1 aromatic carbocycles. The molecule has 0 aliphatic carbocycles. The molecule has 7 nitrogen and oxygen atoms in total. The van der Waals surface area contributed by atoms with Crippen LogP contribution in [0.3, 0.4) is 0 Å². The van der Waals surface area contributed by atoms with Gasteiger partial charge < -0.3 is 13.9 Å². The van der Waals surface area contributed by atoms with Gasteiger partial charge in [0.2, 0.25) is 18.6 Å². The van der Waals surface area contributed by atoms with Crippen molar-refractivity contribution in [2.45, 2.75) is 13.5 Å². The Labute approximate surface area is 130 Å². The first-order valence-corrected chi connectivity index (χ1v) is 6.99. The van der Waals surface area contributed by atoms with Crippen LogP contribution in [-0.4, -0.2) is 26.8 Å². The third-order valence-electron chi connectivity index (χ3n) is 3.27. The molecule has 0 saturated carbocycles. The van der Waals surface area contributed by atoms with Crippen molar-refractivity contribution in [2.24, 2.45) is 0 Å². The van der Waals surface area contributed by atoms with Gasteiger partial charge in [0.1, 0.15) is 6.54 Å². The smallest absolute Gasteiger partial charge is 0.247 e. The SMILES string of the molecule is Cc1nn(Cc2nnc(-c3ccc4c(c3)OCO4)o2)cc1Cl. The van der Waals surface area contributed by atoms with Crippen LogP contribution in [-0.2, 0) is 6.54 Å². The average Bonchev–Trinajstić information content (AvgIpc) is 3.20. The van der Waals surface area contributed by atoms with Crippen molar-refractivity contribution >= 4 is 11.6 Å². The number of hydrogen-bond donors (Lipinski definition) is 0. The van der Waals surface area contributed by atoms with Crippen LogP contribution >= 0.6 is 11.6 Å². The molecule has 3 aromatic rings. The molecular formula is C14H11ClN4O3. The minimum absolute atomic E-state index is 0.229. The maximum atomic E-state index is 5.98. The topological polar surface area (TPSA) is 75.2 Å². The zero-order chi connectivity index (χ0) is 15.1. The Morgan fingerprint density at radius 3 is 2.91 bits per heavy atom. The second kappa shape index (κ2) is 5.03. The van der Waals surface area contributed by atoms with Crippen LogP contribution in [0.15, 0.2) is 28.8 Å². The first-order valence-electron chi connectivity index (χ1n) is 6.61. The Hall–Kier alpha value is -2.54. The third kappa shape index (κ3) is 2.29. The van der Waals surface area contributed by atoms with Crippen LogP contribution < -0.4 is 9.47 Å². The summed E-state index contributed by atoms with van der Waals surface area (Å²) in [6.07, 6.45) is 1.72. The lowest BCUT2D eigenvalue weighted by Gasteiger charge is -1.98. The minimum Gasteiger partial charge on any atom is -0.454 e. The van der Waals surface area contributed by atoms with Crippen LogP contribution in [0.1, 0.15) is 11.6 Å². The Morgan fingerprint density at radius 2 is 2.09 bits per heavy atom. The van der Waals surface area contributed by atoms with Gasteiger partial charge in [0.25, 0.3) is 0 Å². The van der Waals surface area contributed by atoms with Gasteiger partial charge in [-0.2, -0.15) is 5.10 Å². The van der Waals surface area contributed by atoms with Gasteiger partial charge in [0.15, 0.2) is 11.5 Å². The van der Waals surface area contributed by atoms with Crippen molar-refractivity contribution in [3.8, 4) is 23.0 Å². The molecule has 0 N–H and O–H groups in total. The normalized spacial score (nSPS) is 12.8. The Kier molecular flexibility index (Phi) is 3.00. The minimum atomic E-state index is 0.229. The third-order valence-corrected chi connectivity index (χ3v) is 3.64. The first kappa shape index (κ1) is 13.1. The number of nitrogens with zero attached hydrogens (tertiary/aromatic N) is 4. The predicted octanol–water partition coefficient (Wildman–Crippen LogP) is 2.67. The number of benzene rings is 1. The highest BCUT2D eigenvalue weighted by Crippen LogP contribution is 2.35. The van der Waals surface area contributed by atoms with Gasteiger partial charge in [-0.3, -0.25) is 4.68 Å². The fourth-order valence-electron chi connectivity index (χ4n) is 2.18.